The zero-order valence-electron chi connectivity index (χ0n) is 16.6. The molecule has 1 aliphatic heterocycles. The minimum Gasteiger partial charge on any atom is -0.344 e. The first kappa shape index (κ1) is 20.5. The zero-order valence-corrected chi connectivity index (χ0v) is 17.4. The number of piperidine rings is 1. The van der Waals surface area contributed by atoms with Crippen molar-refractivity contribution in [2.75, 3.05) is 13.1 Å². The molecule has 6 heteroatoms. The fraction of sp³-hybridized carbons (Fsp3) is 0.455. The summed E-state index contributed by atoms with van der Waals surface area (Å²) in [5.74, 6) is -0.515. The lowest BCUT2D eigenvalue weighted by atomic mass is 9.90. The van der Waals surface area contributed by atoms with Crippen molar-refractivity contribution in [2.45, 2.75) is 39.7 Å². The van der Waals surface area contributed by atoms with Crippen molar-refractivity contribution in [1.29, 1.82) is 0 Å². The van der Waals surface area contributed by atoms with E-state index in [0.29, 0.717) is 13.1 Å². The van der Waals surface area contributed by atoms with Gasteiger partial charge in [-0.3, -0.25) is 9.59 Å². The van der Waals surface area contributed by atoms with Crippen LogP contribution in [0.25, 0.3) is 0 Å². The molecular weight excluding hydrogens is 375 g/mol. The smallest absolute Gasteiger partial charge is 0.227 e. The van der Waals surface area contributed by atoms with Crippen molar-refractivity contribution in [1.82, 2.24) is 10.2 Å². The van der Waals surface area contributed by atoms with E-state index in [1.54, 1.807) is 23.5 Å². The third-order valence-electron chi connectivity index (χ3n) is 5.04. The van der Waals surface area contributed by atoms with Gasteiger partial charge in [0.2, 0.25) is 11.8 Å². The van der Waals surface area contributed by atoms with Gasteiger partial charge in [0.25, 0.3) is 0 Å². The molecule has 4 nitrogen and oxygen atoms in total. The van der Waals surface area contributed by atoms with Gasteiger partial charge in [-0.2, -0.15) is 0 Å². The van der Waals surface area contributed by atoms with Gasteiger partial charge in [0.1, 0.15) is 5.82 Å². The van der Waals surface area contributed by atoms with Gasteiger partial charge in [-0.1, -0.05) is 39.0 Å². The zero-order chi connectivity index (χ0) is 20.3. The molecule has 1 N–H and O–H groups in total. The van der Waals surface area contributed by atoms with Crippen molar-refractivity contribution >= 4 is 23.2 Å². The van der Waals surface area contributed by atoms with Crippen molar-refractivity contribution in [2.24, 2.45) is 11.3 Å². The van der Waals surface area contributed by atoms with E-state index < -0.39 is 5.41 Å². The Labute approximate surface area is 169 Å². The molecule has 0 bridgehead atoms. The molecule has 1 aliphatic rings. The summed E-state index contributed by atoms with van der Waals surface area (Å²) in [6, 6.07) is 9.81. The van der Waals surface area contributed by atoms with Crippen LogP contribution in [-0.2, 0) is 9.59 Å². The van der Waals surface area contributed by atoms with Crippen LogP contribution in [0.2, 0.25) is 0 Å². The number of amides is 2. The third-order valence-corrected chi connectivity index (χ3v) is 5.98. The topological polar surface area (TPSA) is 49.4 Å². The molecule has 2 unspecified atom stereocenters. The van der Waals surface area contributed by atoms with Crippen molar-refractivity contribution in [3.05, 3.63) is 58.0 Å². The summed E-state index contributed by atoms with van der Waals surface area (Å²) in [5.41, 5.74) is 0.391. The predicted molar refractivity (Wildman–Crippen MR) is 109 cm³/mol. The first-order chi connectivity index (χ1) is 13.3. The van der Waals surface area contributed by atoms with Crippen LogP contribution in [0, 0.1) is 17.2 Å². The number of carbonyl (C=O) groups excluding carboxylic acids is 2. The van der Waals surface area contributed by atoms with Crippen LogP contribution in [0.1, 0.15) is 50.1 Å². The second-order valence-electron chi connectivity index (χ2n) is 8.35. The van der Waals surface area contributed by atoms with Crippen LogP contribution in [-0.4, -0.2) is 29.8 Å². The number of nitrogens with one attached hydrogen (secondary N) is 1. The Hall–Kier alpha value is -2.21. The quantitative estimate of drug-likeness (QED) is 0.825. The van der Waals surface area contributed by atoms with Crippen LogP contribution in [0.5, 0.6) is 0 Å². The maximum Gasteiger partial charge on any atom is 0.227 e. The number of hydrogen-bond donors (Lipinski definition) is 1. The Bertz CT molecular complexity index is 812. The van der Waals surface area contributed by atoms with Gasteiger partial charge in [0.15, 0.2) is 0 Å². The molecule has 0 aliphatic carbocycles. The van der Waals surface area contributed by atoms with Crippen LogP contribution >= 0.6 is 11.3 Å². The van der Waals surface area contributed by atoms with Crippen molar-refractivity contribution in [3.8, 4) is 0 Å². The summed E-state index contributed by atoms with van der Waals surface area (Å²) in [7, 11) is 0. The van der Waals surface area contributed by atoms with E-state index in [1.807, 2.05) is 43.2 Å². The average Bonchev–Trinajstić information content (AvgIpc) is 3.20. The van der Waals surface area contributed by atoms with Gasteiger partial charge < -0.3 is 10.2 Å². The molecule has 150 valence electrons. The van der Waals surface area contributed by atoms with Gasteiger partial charge in [-0.15, -0.1) is 11.3 Å². The Morgan fingerprint density at radius 1 is 1.21 bits per heavy atom. The minimum atomic E-state index is -0.452. The van der Waals surface area contributed by atoms with Crippen LogP contribution in [0.15, 0.2) is 41.8 Å². The highest BCUT2D eigenvalue weighted by Crippen LogP contribution is 2.28. The number of thiophene rings is 1. The number of hydrogen-bond acceptors (Lipinski definition) is 3. The summed E-state index contributed by atoms with van der Waals surface area (Å²) >= 11 is 1.55. The molecule has 1 aromatic heterocycles. The largest absolute Gasteiger partial charge is 0.344 e. The van der Waals surface area contributed by atoms with E-state index in [-0.39, 0.29) is 29.6 Å². The van der Waals surface area contributed by atoms with E-state index in [1.165, 1.54) is 12.1 Å². The SMILES string of the molecule is CC(C)(C)C(=O)N1CCCC(C(=O)NC(c2ccc(F)cc2)c2cccs2)C1. The van der Waals surface area contributed by atoms with E-state index in [0.717, 1.165) is 23.3 Å². The van der Waals surface area contributed by atoms with E-state index in [2.05, 4.69) is 5.32 Å². The summed E-state index contributed by atoms with van der Waals surface area (Å²) in [4.78, 5) is 28.5. The maximum atomic E-state index is 13.3. The summed E-state index contributed by atoms with van der Waals surface area (Å²) in [6.45, 7) is 6.86. The molecule has 3 rings (SSSR count). The first-order valence-electron chi connectivity index (χ1n) is 9.64. The lowest BCUT2D eigenvalue weighted by Crippen LogP contribution is -2.49. The number of halogens is 1. The number of benzene rings is 1. The first-order valence-corrected chi connectivity index (χ1v) is 10.5. The molecule has 2 amide bonds. The summed E-state index contributed by atoms with van der Waals surface area (Å²) in [5, 5.41) is 5.09. The normalized spacial score (nSPS) is 18.6. The van der Waals surface area contributed by atoms with E-state index >= 15 is 0 Å². The molecule has 1 aromatic carbocycles. The molecule has 2 atom stereocenters. The van der Waals surface area contributed by atoms with Gasteiger partial charge in [0, 0.05) is 23.4 Å². The van der Waals surface area contributed by atoms with Crippen LogP contribution in [0.3, 0.4) is 0 Å². The minimum absolute atomic E-state index is 0.0610. The Balaban J connectivity index is 1.75. The number of carbonyl (C=O) groups is 2. The monoisotopic (exact) mass is 402 g/mol. The molecule has 0 spiro atoms. The van der Waals surface area contributed by atoms with Crippen LogP contribution in [0.4, 0.5) is 4.39 Å². The second kappa shape index (κ2) is 8.43. The van der Waals surface area contributed by atoms with Gasteiger partial charge in [-0.05, 0) is 42.0 Å². The predicted octanol–water partition coefficient (Wildman–Crippen LogP) is 4.38. The fourth-order valence-corrected chi connectivity index (χ4v) is 4.34. The highest BCUT2D eigenvalue weighted by Gasteiger charge is 2.34. The molecule has 1 fully saturated rings. The van der Waals surface area contributed by atoms with Crippen molar-refractivity contribution in [3.63, 3.8) is 0 Å². The summed E-state index contributed by atoms with van der Waals surface area (Å²) < 4.78 is 13.3. The highest BCUT2D eigenvalue weighted by molar-refractivity contribution is 7.10. The van der Waals surface area contributed by atoms with Gasteiger partial charge in [0.05, 0.1) is 12.0 Å². The van der Waals surface area contributed by atoms with Crippen molar-refractivity contribution < 1.29 is 14.0 Å². The van der Waals surface area contributed by atoms with Gasteiger partial charge in [-0.25, -0.2) is 4.39 Å². The molecule has 0 radical (unpaired) electrons. The standard InChI is InChI=1S/C22H27FN2O2S/c1-22(2,3)21(27)25-12-4-6-16(14-25)20(26)24-19(18-7-5-13-28-18)15-8-10-17(23)11-9-15/h5,7-11,13,16,19H,4,6,12,14H2,1-3H3,(H,24,26). The number of nitrogens with zero attached hydrogens (tertiary/aromatic N) is 1. The van der Waals surface area contributed by atoms with Crippen LogP contribution < -0.4 is 5.32 Å². The van der Waals surface area contributed by atoms with E-state index in [4.69, 9.17) is 0 Å². The molecule has 2 aromatic rings. The molecular formula is C22H27FN2O2S. The fourth-order valence-electron chi connectivity index (χ4n) is 3.54. The lowest BCUT2D eigenvalue weighted by molar-refractivity contribution is -0.142. The Morgan fingerprint density at radius 2 is 1.93 bits per heavy atom. The summed E-state index contributed by atoms with van der Waals surface area (Å²) in [6.07, 6.45) is 1.58. The third kappa shape index (κ3) is 4.79. The Morgan fingerprint density at radius 3 is 2.54 bits per heavy atom. The number of likely N-dealkylation sites (tertiary alicyclic amines) is 1. The average molecular weight is 403 g/mol. The lowest BCUT2D eigenvalue weighted by Gasteiger charge is -2.36. The maximum absolute atomic E-state index is 13.3. The highest BCUT2D eigenvalue weighted by atomic mass is 32.1. The molecule has 0 saturated carbocycles. The second-order valence-corrected chi connectivity index (χ2v) is 9.33. The molecule has 1 saturated heterocycles. The Kier molecular flexibility index (Phi) is 6.18. The number of rotatable bonds is 4. The van der Waals surface area contributed by atoms with E-state index in [9.17, 15) is 14.0 Å². The molecule has 28 heavy (non-hydrogen) atoms. The molecule has 2 heterocycles. The van der Waals surface area contributed by atoms with Gasteiger partial charge >= 0.3 is 0 Å².